The van der Waals surface area contributed by atoms with Crippen LogP contribution in [0.15, 0.2) is 46.9 Å². The fraction of sp³-hybridized carbons (Fsp3) is 0.250. The predicted molar refractivity (Wildman–Crippen MR) is 99.3 cm³/mol. The van der Waals surface area contributed by atoms with Gasteiger partial charge < -0.3 is 9.32 Å². The van der Waals surface area contributed by atoms with Crippen LogP contribution in [0, 0.1) is 13.5 Å². The average molecular weight is 440 g/mol. The molecular formula is C20H14F6N4O. The Kier molecular flexibility index (Phi) is 5.92. The van der Waals surface area contributed by atoms with E-state index >= 15 is 0 Å². The van der Waals surface area contributed by atoms with Gasteiger partial charge in [-0.15, -0.1) is 10.2 Å². The van der Waals surface area contributed by atoms with Crippen molar-refractivity contribution in [2.75, 3.05) is 11.4 Å². The minimum Gasteiger partial charge on any atom is -0.419 e. The molecule has 0 amide bonds. The largest absolute Gasteiger partial charge is 0.419 e. The van der Waals surface area contributed by atoms with Crippen molar-refractivity contribution in [3.63, 3.8) is 0 Å². The Labute approximate surface area is 172 Å². The van der Waals surface area contributed by atoms with E-state index in [1.807, 2.05) is 0 Å². The van der Waals surface area contributed by atoms with Gasteiger partial charge in [0, 0.05) is 11.3 Å². The van der Waals surface area contributed by atoms with Gasteiger partial charge in [-0.1, -0.05) is 24.3 Å². The molecule has 0 fully saturated rings. The lowest BCUT2D eigenvalue weighted by atomic mass is 10.1. The van der Waals surface area contributed by atoms with Crippen LogP contribution in [0.2, 0.25) is 0 Å². The van der Waals surface area contributed by atoms with Gasteiger partial charge in [-0.05, 0) is 30.7 Å². The van der Waals surface area contributed by atoms with E-state index in [1.54, 1.807) is 31.2 Å². The zero-order chi connectivity index (χ0) is 22.8. The first kappa shape index (κ1) is 22.1. The van der Waals surface area contributed by atoms with Crippen LogP contribution in [-0.2, 0) is 12.7 Å². The third-order valence-corrected chi connectivity index (χ3v) is 4.31. The van der Waals surface area contributed by atoms with Gasteiger partial charge in [0.1, 0.15) is 6.54 Å². The number of alkyl halides is 6. The van der Waals surface area contributed by atoms with Crippen molar-refractivity contribution >= 4 is 11.4 Å². The summed E-state index contributed by atoms with van der Waals surface area (Å²) >= 11 is 0. The molecule has 1 aromatic heterocycles. The van der Waals surface area contributed by atoms with Crippen LogP contribution in [0.25, 0.3) is 16.3 Å². The highest BCUT2D eigenvalue weighted by Gasteiger charge is 2.36. The van der Waals surface area contributed by atoms with Crippen molar-refractivity contribution in [2.45, 2.75) is 25.8 Å². The Morgan fingerprint density at radius 1 is 1.03 bits per heavy atom. The van der Waals surface area contributed by atoms with Gasteiger partial charge in [0.2, 0.25) is 11.8 Å². The molecule has 0 aliphatic carbocycles. The summed E-state index contributed by atoms with van der Waals surface area (Å²) in [6.07, 6.45) is -9.61. The Hall–Kier alpha value is -3.55. The molecule has 0 saturated carbocycles. The molecule has 0 atom stereocenters. The van der Waals surface area contributed by atoms with Crippen LogP contribution >= 0.6 is 0 Å². The standard InChI is InChI=1S/C20H14F6N4O/c1-12-5-3-4-6-14(12)18-29-28-17(31-18)10-30(11-19(21,22)23)13-7-8-16(27-2)15(9-13)20(24,25)26/h3-9H,10-11H2,1H3. The molecule has 1 heterocycles. The van der Waals surface area contributed by atoms with Crippen LogP contribution in [0.4, 0.5) is 37.7 Å². The van der Waals surface area contributed by atoms with Crippen molar-refractivity contribution in [1.29, 1.82) is 0 Å². The fourth-order valence-corrected chi connectivity index (χ4v) is 2.90. The van der Waals surface area contributed by atoms with Gasteiger partial charge in [0.25, 0.3) is 0 Å². The molecular weight excluding hydrogens is 426 g/mol. The number of benzene rings is 2. The van der Waals surface area contributed by atoms with Gasteiger partial charge in [-0.3, -0.25) is 0 Å². The first-order valence-corrected chi connectivity index (χ1v) is 8.77. The maximum atomic E-state index is 13.2. The van der Waals surface area contributed by atoms with Crippen molar-refractivity contribution in [1.82, 2.24) is 10.2 Å². The van der Waals surface area contributed by atoms with Gasteiger partial charge >= 0.3 is 12.4 Å². The molecule has 0 saturated heterocycles. The molecule has 11 heteroatoms. The molecule has 0 bridgehead atoms. The number of halogens is 6. The molecule has 31 heavy (non-hydrogen) atoms. The lowest BCUT2D eigenvalue weighted by Crippen LogP contribution is -2.34. The van der Waals surface area contributed by atoms with Gasteiger partial charge in [-0.2, -0.15) is 26.3 Å². The first-order chi connectivity index (χ1) is 14.5. The number of anilines is 1. The SMILES string of the molecule is [C-]#[N+]c1ccc(N(Cc2nnc(-c3ccccc3C)o2)CC(F)(F)F)cc1C(F)(F)F. The monoisotopic (exact) mass is 440 g/mol. The summed E-state index contributed by atoms with van der Waals surface area (Å²) in [5.41, 5.74) is -1.02. The normalized spacial score (nSPS) is 11.9. The summed E-state index contributed by atoms with van der Waals surface area (Å²) in [5.74, 6) is -0.121. The van der Waals surface area contributed by atoms with Crippen molar-refractivity contribution in [3.8, 4) is 11.5 Å². The molecule has 0 aliphatic rings. The van der Waals surface area contributed by atoms with Gasteiger partial charge in [-0.25, -0.2) is 4.85 Å². The molecule has 0 radical (unpaired) electrons. The number of aryl methyl sites for hydroxylation is 1. The molecule has 0 aliphatic heterocycles. The lowest BCUT2D eigenvalue weighted by molar-refractivity contribution is -0.136. The quantitative estimate of drug-likeness (QED) is 0.351. The highest BCUT2D eigenvalue weighted by atomic mass is 19.4. The summed E-state index contributed by atoms with van der Waals surface area (Å²) in [6, 6.07) is 9.35. The molecule has 0 N–H and O–H groups in total. The van der Waals surface area contributed by atoms with Crippen molar-refractivity contribution in [2.24, 2.45) is 0 Å². The summed E-state index contributed by atoms with van der Waals surface area (Å²) in [6.45, 7) is 6.52. The third-order valence-electron chi connectivity index (χ3n) is 4.31. The van der Waals surface area contributed by atoms with Crippen LogP contribution in [0.1, 0.15) is 17.0 Å². The van der Waals surface area contributed by atoms with E-state index in [9.17, 15) is 26.3 Å². The second-order valence-corrected chi connectivity index (χ2v) is 6.60. The molecule has 162 valence electrons. The first-order valence-electron chi connectivity index (χ1n) is 8.77. The minimum absolute atomic E-state index is 0.0828. The highest BCUT2D eigenvalue weighted by Crippen LogP contribution is 2.39. The lowest BCUT2D eigenvalue weighted by Gasteiger charge is -2.25. The zero-order valence-corrected chi connectivity index (χ0v) is 15.9. The van der Waals surface area contributed by atoms with E-state index < -0.39 is 36.7 Å². The molecule has 3 aromatic rings. The Morgan fingerprint density at radius 3 is 2.35 bits per heavy atom. The van der Waals surface area contributed by atoms with Crippen molar-refractivity contribution < 1.29 is 30.8 Å². The topological polar surface area (TPSA) is 46.5 Å². The van der Waals surface area contributed by atoms with Crippen LogP contribution < -0.4 is 4.90 Å². The summed E-state index contributed by atoms with van der Waals surface area (Å²) in [7, 11) is 0. The Morgan fingerprint density at radius 2 is 1.74 bits per heavy atom. The molecule has 5 nitrogen and oxygen atoms in total. The number of hydrogen-bond acceptors (Lipinski definition) is 4. The number of aromatic nitrogens is 2. The van der Waals surface area contributed by atoms with Gasteiger partial charge in [0.15, 0.2) is 5.69 Å². The molecule has 0 unspecified atom stereocenters. The zero-order valence-electron chi connectivity index (χ0n) is 15.9. The van der Waals surface area contributed by atoms with E-state index in [1.165, 1.54) is 0 Å². The molecule has 0 spiro atoms. The Bertz CT molecular complexity index is 1110. The second kappa shape index (κ2) is 8.29. The van der Waals surface area contributed by atoms with Crippen molar-refractivity contribution in [3.05, 3.63) is 70.9 Å². The number of hydrogen-bond donors (Lipinski definition) is 0. The number of nitrogens with zero attached hydrogens (tertiary/aromatic N) is 4. The highest BCUT2D eigenvalue weighted by molar-refractivity contribution is 5.62. The smallest absolute Gasteiger partial charge is 0.407 e. The molecule has 3 rings (SSSR count). The second-order valence-electron chi connectivity index (χ2n) is 6.60. The summed E-state index contributed by atoms with van der Waals surface area (Å²) in [4.78, 5) is 3.43. The van der Waals surface area contributed by atoms with Crippen LogP contribution in [-0.4, -0.2) is 22.9 Å². The molecule has 2 aromatic carbocycles. The number of rotatable bonds is 5. The Balaban J connectivity index is 1.97. The third kappa shape index (κ3) is 5.33. The summed E-state index contributed by atoms with van der Waals surface area (Å²) in [5, 5.41) is 7.57. The van der Waals surface area contributed by atoms with Crippen LogP contribution in [0.5, 0.6) is 0 Å². The van der Waals surface area contributed by atoms with E-state index in [2.05, 4.69) is 15.0 Å². The average Bonchev–Trinajstić information content (AvgIpc) is 3.14. The maximum Gasteiger partial charge on any atom is 0.407 e. The fourth-order valence-electron chi connectivity index (χ4n) is 2.90. The van der Waals surface area contributed by atoms with E-state index in [0.29, 0.717) is 16.5 Å². The van der Waals surface area contributed by atoms with E-state index in [-0.39, 0.29) is 17.5 Å². The van der Waals surface area contributed by atoms with E-state index in [4.69, 9.17) is 11.0 Å². The predicted octanol–water partition coefficient (Wildman–Crippen LogP) is 6.18. The van der Waals surface area contributed by atoms with Crippen LogP contribution in [0.3, 0.4) is 0 Å². The van der Waals surface area contributed by atoms with Gasteiger partial charge in [0.05, 0.1) is 18.7 Å². The minimum atomic E-state index is -4.90. The maximum absolute atomic E-state index is 13.2. The summed E-state index contributed by atoms with van der Waals surface area (Å²) < 4.78 is 84.6. The van der Waals surface area contributed by atoms with E-state index in [0.717, 1.165) is 17.7 Å².